The van der Waals surface area contributed by atoms with Gasteiger partial charge >= 0.3 is 0 Å². The summed E-state index contributed by atoms with van der Waals surface area (Å²) < 4.78 is 51.5. The molecule has 24 heavy (non-hydrogen) atoms. The molecule has 0 bridgehead atoms. The number of halogens is 2. The fourth-order valence-electron chi connectivity index (χ4n) is 2.00. The molecular weight excluding hydrogens is 338 g/mol. The highest BCUT2D eigenvalue weighted by Gasteiger charge is 2.12. The first-order valence-corrected chi connectivity index (χ1v) is 8.68. The summed E-state index contributed by atoms with van der Waals surface area (Å²) >= 11 is 0. The van der Waals surface area contributed by atoms with Gasteiger partial charge in [0.05, 0.1) is 11.3 Å². The number of hydrogen-bond acceptors (Lipinski definition) is 3. The number of carbonyl (C=O) groups excluding carboxylic acids is 1. The van der Waals surface area contributed by atoms with Gasteiger partial charge in [-0.2, -0.15) is 0 Å². The van der Waals surface area contributed by atoms with Gasteiger partial charge in [0.15, 0.2) is 0 Å². The number of rotatable bonds is 6. The van der Waals surface area contributed by atoms with E-state index in [2.05, 4.69) is 10.0 Å². The van der Waals surface area contributed by atoms with Gasteiger partial charge in [-0.3, -0.25) is 4.79 Å². The Labute approximate surface area is 138 Å². The second kappa shape index (κ2) is 7.50. The molecule has 0 saturated carbocycles. The van der Waals surface area contributed by atoms with Crippen LogP contribution in [0.3, 0.4) is 0 Å². The van der Waals surface area contributed by atoms with Crippen molar-refractivity contribution >= 4 is 15.9 Å². The molecule has 0 aromatic heterocycles. The van der Waals surface area contributed by atoms with E-state index < -0.39 is 27.6 Å². The fourth-order valence-corrected chi connectivity index (χ4v) is 2.77. The van der Waals surface area contributed by atoms with Gasteiger partial charge in [0, 0.05) is 12.6 Å². The van der Waals surface area contributed by atoms with Gasteiger partial charge in [0.1, 0.15) is 11.6 Å². The zero-order valence-electron chi connectivity index (χ0n) is 12.8. The molecule has 2 N–H and O–H groups in total. The average molecular weight is 354 g/mol. The second-order valence-electron chi connectivity index (χ2n) is 5.09. The van der Waals surface area contributed by atoms with Crippen LogP contribution >= 0.6 is 0 Å². The van der Waals surface area contributed by atoms with E-state index in [1.165, 1.54) is 7.05 Å². The standard InChI is InChI=1S/C16H16F2N2O3S/c1-19-24(22,23)10-12-4-2-11(3-5-12)9-20-16(21)14-7-6-13(17)8-15(14)18/h2-8,19H,9-10H2,1H3,(H,20,21). The minimum atomic E-state index is -3.35. The van der Waals surface area contributed by atoms with Crippen molar-refractivity contribution in [2.24, 2.45) is 0 Å². The molecule has 0 fully saturated rings. The van der Waals surface area contributed by atoms with Crippen LogP contribution in [-0.4, -0.2) is 21.4 Å². The quantitative estimate of drug-likeness (QED) is 0.833. The number of nitrogens with one attached hydrogen (secondary N) is 2. The van der Waals surface area contributed by atoms with Crippen molar-refractivity contribution in [3.63, 3.8) is 0 Å². The summed E-state index contributed by atoms with van der Waals surface area (Å²) in [7, 11) is -2.01. The van der Waals surface area contributed by atoms with Crippen LogP contribution < -0.4 is 10.0 Å². The lowest BCUT2D eigenvalue weighted by atomic mass is 10.1. The highest BCUT2D eigenvalue weighted by molar-refractivity contribution is 7.88. The third-order valence-electron chi connectivity index (χ3n) is 3.32. The Morgan fingerprint density at radius 2 is 1.67 bits per heavy atom. The van der Waals surface area contributed by atoms with Gasteiger partial charge in [0.25, 0.3) is 5.91 Å². The lowest BCUT2D eigenvalue weighted by Crippen LogP contribution is -2.24. The monoisotopic (exact) mass is 354 g/mol. The highest BCUT2D eigenvalue weighted by Crippen LogP contribution is 2.11. The number of amides is 1. The number of sulfonamides is 1. The van der Waals surface area contributed by atoms with Crippen LogP contribution in [0.5, 0.6) is 0 Å². The smallest absolute Gasteiger partial charge is 0.254 e. The molecule has 0 spiro atoms. The van der Waals surface area contributed by atoms with Crippen molar-refractivity contribution < 1.29 is 22.0 Å². The normalized spacial score (nSPS) is 11.3. The summed E-state index contributed by atoms with van der Waals surface area (Å²) in [5.41, 5.74) is 1.08. The van der Waals surface area contributed by atoms with Crippen LogP contribution in [0.25, 0.3) is 0 Å². The number of hydrogen-bond donors (Lipinski definition) is 2. The maximum Gasteiger partial charge on any atom is 0.254 e. The number of benzene rings is 2. The molecule has 0 heterocycles. The summed E-state index contributed by atoms with van der Waals surface area (Å²) in [5, 5.41) is 2.52. The molecule has 1 amide bonds. The predicted octanol–water partition coefficient (Wildman–Crippen LogP) is 1.94. The third-order valence-corrected chi connectivity index (χ3v) is 4.65. The van der Waals surface area contributed by atoms with Crippen molar-refractivity contribution in [3.05, 3.63) is 70.8 Å². The first-order chi connectivity index (χ1) is 11.3. The van der Waals surface area contributed by atoms with E-state index in [0.717, 1.165) is 17.7 Å². The third kappa shape index (κ3) is 4.84. The van der Waals surface area contributed by atoms with Gasteiger partial charge in [-0.1, -0.05) is 24.3 Å². The largest absolute Gasteiger partial charge is 0.348 e. The summed E-state index contributed by atoms with van der Waals surface area (Å²) in [6.07, 6.45) is 0. The molecule has 0 atom stereocenters. The summed E-state index contributed by atoms with van der Waals surface area (Å²) in [6, 6.07) is 9.33. The molecule has 128 valence electrons. The van der Waals surface area contributed by atoms with Crippen LogP contribution in [-0.2, 0) is 22.3 Å². The van der Waals surface area contributed by atoms with E-state index in [1.807, 2.05) is 0 Å². The van der Waals surface area contributed by atoms with E-state index in [9.17, 15) is 22.0 Å². The molecule has 2 rings (SSSR count). The summed E-state index contributed by atoms with van der Waals surface area (Å²) in [4.78, 5) is 11.9. The molecule has 0 aliphatic carbocycles. The summed E-state index contributed by atoms with van der Waals surface area (Å²) in [5.74, 6) is -2.48. The molecule has 0 radical (unpaired) electrons. The Bertz CT molecular complexity index is 837. The molecule has 0 unspecified atom stereocenters. The van der Waals surface area contributed by atoms with Crippen molar-refractivity contribution in [2.45, 2.75) is 12.3 Å². The molecule has 8 heteroatoms. The van der Waals surface area contributed by atoms with Gasteiger partial charge in [-0.25, -0.2) is 21.9 Å². The van der Waals surface area contributed by atoms with Gasteiger partial charge < -0.3 is 5.32 Å². The van der Waals surface area contributed by atoms with Crippen LogP contribution in [0, 0.1) is 11.6 Å². The topological polar surface area (TPSA) is 75.3 Å². The van der Waals surface area contributed by atoms with E-state index in [-0.39, 0.29) is 17.9 Å². The minimum Gasteiger partial charge on any atom is -0.348 e. The van der Waals surface area contributed by atoms with E-state index >= 15 is 0 Å². The average Bonchev–Trinajstić information content (AvgIpc) is 2.53. The predicted molar refractivity (Wildman–Crippen MR) is 85.7 cm³/mol. The fraction of sp³-hybridized carbons (Fsp3) is 0.188. The maximum absolute atomic E-state index is 13.5. The molecule has 0 aliphatic heterocycles. The first kappa shape index (κ1) is 18.0. The Balaban J connectivity index is 1.98. The number of carbonyl (C=O) groups is 1. The summed E-state index contributed by atoms with van der Waals surface area (Å²) in [6.45, 7) is 0.134. The molecule has 5 nitrogen and oxygen atoms in total. The molecule has 2 aromatic carbocycles. The van der Waals surface area contributed by atoms with Crippen LogP contribution in [0.4, 0.5) is 8.78 Å². The van der Waals surface area contributed by atoms with Gasteiger partial charge in [0.2, 0.25) is 10.0 Å². The molecular formula is C16H16F2N2O3S. The lowest BCUT2D eigenvalue weighted by Gasteiger charge is -2.08. The van der Waals surface area contributed by atoms with E-state index in [4.69, 9.17) is 0 Å². The van der Waals surface area contributed by atoms with Crippen LogP contribution in [0.2, 0.25) is 0 Å². The zero-order chi connectivity index (χ0) is 17.7. The van der Waals surface area contributed by atoms with Crippen molar-refractivity contribution in [1.29, 1.82) is 0 Å². The van der Waals surface area contributed by atoms with Crippen LogP contribution in [0.1, 0.15) is 21.5 Å². The first-order valence-electron chi connectivity index (χ1n) is 7.03. The lowest BCUT2D eigenvalue weighted by molar-refractivity contribution is 0.0947. The maximum atomic E-state index is 13.5. The van der Waals surface area contributed by atoms with E-state index in [0.29, 0.717) is 11.6 Å². The second-order valence-corrected chi connectivity index (χ2v) is 7.01. The highest BCUT2D eigenvalue weighted by atomic mass is 32.2. The minimum absolute atomic E-state index is 0.134. The van der Waals surface area contributed by atoms with Gasteiger partial charge in [-0.05, 0) is 30.3 Å². The van der Waals surface area contributed by atoms with Crippen molar-refractivity contribution in [3.8, 4) is 0 Å². The SMILES string of the molecule is CNS(=O)(=O)Cc1ccc(CNC(=O)c2ccc(F)cc2F)cc1. The molecule has 0 saturated heterocycles. The van der Waals surface area contributed by atoms with Crippen molar-refractivity contribution in [2.75, 3.05) is 7.05 Å². The van der Waals surface area contributed by atoms with Crippen LogP contribution in [0.15, 0.2) is 42.5 Å². The van der Waals surface area contributed by atoms with Crippen molar-refractivity contribution in [1.82, 2.24) is 10.0 Å². The zero-order valence-corrected chi connectivity index (χ0v) is 13.7. The van der Waals surface area contributed by atoms with E-state index in [1.54, 1.807) is 24.3 Å². The Hall–Kier alpha value is -2.32. The van der Waals surface area contributed by atoms with Gasteiger partial charge in [-0.15, -0.1) is 0 Å². The Kier molecular flexibility index (Phi) is 5.63. The molecule has 0 aliphatic rings. The molecule has 2 aromatic rings. The Morgan fingerprint density at radius 3 is 2.25 bits per heavy atom. The Morgan fingerprint density at radius 1 is 1.04 bits per heavy atom.